The van der Waals surface area contributed by atoms with E-state index < -0.39 is 0 Å². The highest BCUT2D eigenvalue weighted by atomic mass is 16.7. The normalized spacial score (nSPS) is 30.5. The van der Waals surface area contributed by atoms with Crippen LogP contribution in [0.15, 0.2) is 0 Å². The fraction of sp³-hybridized carbons (Fsp3) is 0.875. The third kappa shape index (κ3) is 1.93. The van der Waals surface area contributed by atoms with E-state index in [1.54, 1.807) is 0 Å². The number of esters is 1. The van der Waals surface area contributed by atoms with Gasteiger partial charge in [-0.05, 0) is 13.3 Å². The number of carbonyl (C=O) groups excluding carboxylic acids is 1. The average molecular weight is 158 g/mol. The molecule has 2 atom stereocenters. The highest BCUT2D eigenvalue weighted by Crippen LogP contribution is 2.25. The van der Waals surface area contributed by atoms with Crippen LogP contribution >= 0.6 is 0 Å². The van der Waals surface area contributed by atoms with E-state index in [1.165, 1.54) is 0 Å². The maximum atomic E-state index is 10.8. The van der Waals surface area contributed by atoms with Crippen molar-refractivity contribution in [1.29, 1.82) is 0 Å². The van der Waals surface area contributed by atoms with E-state index in [2.05, 4.69) is 0 Å². The maximum absolute atomic E-state index is 10.8. The summed E-state index contributed by atoms with van der Waals surface area (Å²) >= 11 is 0. The fourth-order valence-corrected chi connectivity index (χ4v) is 1.26. The van der Waals surface area contributed by atoms with Crippen molar-refractivity contribution in [3.8, 4) is 0 Å². The maximum Gasteiger partial charge on any atom is 0.308 e. The van der Waals surface area contributed by atoms with E-state index in [0.29, 0.717) is 13.0 Å². The molecule has 1 aliphatic heterocycles. The first kappa shape index (κ1) is 8.53. The quantitative estimate of drug-likeness (QED) is 0.581. The van der Waals surface area contributed by atoms with Crippen molar-refractivity contribution >= 4 is 5.97 Å². The third-order valence-corrected chi connectivity index (χ3v) is 1.92. The van der Waals surface area contributed by atoms with Gasteiger partial charge in [-0.25, -0.2) is 0 Å². The number of hydrogen-bond donors (Lipinski definition) is 0. The van der Waals surface area contributed by atoms with Crippen molar-refractivity contribution in [3.05, 3.63) is 0 Å². The van der Waals surface area contributed by atoms with Crippen molar-refractivity contribution in [2.24, 2.45) is 5.92 Å². The molecule has 1 heterocycles. The van der Waals surface area contributed by atoms with Gasteiger partial charge in [0, 0.05) is 12.5 Å². The van der Waals surface area contributed by atoms with Crippen LogP contribution in [-0.2, 0) is 14.3 Å². The second kappa shape index (κ2) is 3.72. The molecular formula is C8H14O3. The highest BCUT2D eigenvalue weighted by Gasteiger charge is 2.33. The smallest absolute Gasteiger partial charge is 0.308 e. The van der Waals surface area contributed by atoms with Crippen LogP contribution in [0.1, 0.15) is 26.7 Å². The van der Waals surface area contributed by atoms with Crippen LogP contribution in [0.3, 0.4) is 0 Å². The number of rotatable bonds is 3. The van der Waals surface area contributed by atoms with Gasteiger partial charge in [0.15, 0.2) is 0 Å². The lowest BCUT2D eigenvalue weighted by atomic mass is 10.1. The predicted molar refractivity (Wildman–Crippen MR) is 39.9 cm³/mol. The van der Waals surface area contributed by atoms with Crippen molar-refractivity contribution in [3.63, 3.8) is 0 Å². The van der Waals surface area contributed by atoms with E-state index in [9.17, 15) is 4.79 Å². The molecule has 1 unspecified atom stereocenters. The lowest BCUT2D eigenvalue weighted by Gasteiger charge is -2.14. The lowest BCUT2D eigenvalue weighted by Crippen LogP contribution is -2.19. The zero-order chi connectivity index (χ0) is 8.27. The van der Waals surface area contributed by atoms with Crippen molar-refractivity contribution < 1.29 is 14.3 Å². The molecule has 1 saturated heterocycles. The molecular weight excluding hydrogens is 144 g/mol. The van der Waals surface area contributed by atoms with E-state index in [0.717, 1.165) is 6.42 Å². The second-order valence-corrected chi connectivity index (χ2v) is 2.69. The zero-order valence-electron chi connectivity index (χ0n) is 7.00. The summed E-state index contributed by atoms with van der Waals surface area (Å²) in [5, 5.41) is 0. The van der Waals surface area contributed by atoms with Gasteiger partial charge >= 0.3 is 5.97 Å². The summed E-state index contributed by atoms with van der Waals surface area (Å²) in [5.41, 5.74) is 0. The Morgan fingerprint density at radius 2 is 2.36 bits per heavy atom. The molecule has 64 valence electrons. The number of cyclic esters (lactones) is 1. The molecule has 1 fully saturated rings. The molecule has 3 heteroatoms. The molecule has 0 amide bonds. The third-order valence-electron chi connectivity index (χ3n) is 1.92. The Balaban J connectivity index is 2.43. The summed E-state index contributed by atoms with van der Waals surface area (Å²) in [4.78, 5) is 10.8. The molecule has 0 spiro atoms. The Bertz CT molecular complexity index is 144. The van der Waals surface area contributed by atoms with Gasteiger partial charge in [-0.15, -0.1) is 0 Å². The average Bonchev–Trinajstić information content (AvgIpc) is 2.32. The van der Waals surface area contributed by atoms with Crippen LogP contribution in [-0.4, -0.2) is 18.9 Å². The standard InChI is InChI=1S/C8H14O3/c1-3-6-5-7(9)11-8(6)10-4-2/h6,8H,3-5H2,1-2H3/t6-,8?/m0/s1. The highest BCUT2D eigenvalue weighted by molar-refractivity contribution is 5.71. The Kier molecular flexibility index (Phi) is 2.88. The SMILES string of the molecule is CCOC1OC(=O)C[C@@H]1CC. The second-order valence-electron chi connectivity index (χ2n) is 2.69. The molecule has 0 radical (unpaired) electrons. The molecule has 0 bridgehead atoms. The van der Waals surface area contributed by atoms with Gasteiger partial charge in [-0.2, -0.15) is 0 Å². The van der Waals surface area contributed by atoms with E-state index >= 15 is 0 Å². The first-order valence-corrected chi connectivity index (χ1v) is 4.09. The Labute approximate surface area is 66.7 Å². The minimum absolute atomic E-state index is 0.129. The molecule has 0 N–H and O–H groups in total. The molecule has 0 saturated carbocycles. The molecule has 1 aliphatic rings. The van der Waals surface area contributed by atoms with E-state index in [4.69, 9.17) is 9.47 Å². The van der Waals surface area contributed by atoms with Gasteiger partial charge in [-0.1, -0.05) is 6.92 Å². The molecule has 1 rings (SSSR count). The first-order valence-electron chi connectivity index (χ1n) is 4.09. The van der Waals surface area contributed by atoms with Gasteiger partial charge in [0.1, 0.15) is 0 Å². The predicted octanol–water partition coefficient (Wildman–Crippen LogP) is 1.32. The van der Waals surface area contributed by atoms with Crippen molar-refractivity contribution in [2.45, 2.75) is 33.0 Å². The van der Waals surface area contributed by atoms with Gasteiger partial charge in [0.25, 0.3) is 0 Å². The number of carbonyl (C=O) groups is 1. The summed E-state index contributed by atoms with van der Waals surface area (Å²) in [7, 11) is 0. The first-order chi connectivity index (χ1) is 5.27. The topological polar surface area (TPSA) is 35.5 Å². The van der Waals surface area contributed by atoms with Gasteiger partial charge in [-0.3, -0.25) is 4.79 Å². The monoisotopic (exact) mass is 158 g/mol. The largest absolute Gasteiger partial charge is 0.435 e. The summed E-state index contributed by atoms with van der Waals surface area (Å²) in [6.45, 7) is 4.55. The van der Waals surface area contributed by atoms with Crippen LogP contribution in [0.2, 0.25) is 0 Å². The molecule has 3 nitrogen and oxygen atoms in total. The summed E-state index contributed by atoms with van der Waals surface area (Å²) in [5.74, 6) is 0.137. The van der Waals surface area contributed by atoms with Crippen LogP contribution in [0.4, 0.5) is 0 Å². The Morgan fingerprint density at radius 1 is 1.64 bits per heavy atom. The van der Waals surface area contributed by atoms with Crippen LogP contribution in [0.25, 0.3) is 0 Å². The van der Waals surface area contributed by atoms with Crippen LogP contribution in [0.5, 0.6) is 0 Å². The Hall–Kier alpha value is -0.570. The Morgan fingerprint density at radius 3 is 2.91 bits per heavy atom. The zero-order valence-corrected chi connectivity index (χ0v) is 7.00. The number of hydrogen-bond acceptors (Lipinski definition) is 3. The van der Waals surface area contributed by atoms with Crippen molar-refractivity contribution in [2.75, 3.05) is 6.61 Å². The van der Waals surface area contributed by atoms with Gasteiger partial charge < -0.3 is 9.47 Å². The molecule has 0 aromatic carbocycles. The minimum Gasteiger partial charge on any atom is -0.435 e. The van der Waals surface area contributed by atoms with Gasteiger partial charge in [0.2, 0.25) is 6.29 Å². The fourth-order valence-electron chi connectivity index (χ4n) is 1.26. The van der Waals surface area contributed by atoms with Crippen molar-refractivity contribution in [1.82, 2.24) is 0 Å². The molecule has 0 aliphatic carbocycles. The molecule has 0 aromatic heterocycles. The summed E-state index contributed by atoms with van der Waals surface area (Å²) in [6.07, 6.45) is 1.18. The number of ether oxygens (including phenoxy) is 2. The van der Waals surface area contributed by atoms with E-state index in [1.807, 2.05) is 13.8 Å². The van der Waals surface area contributed by atoms with E-state index in [-0.39, 0.29) is 18.2 Å². The summed E-state index contributed by atoms with van der Waals surface area (Å²) in [6, 6.07) is 0. The minimum atomic E-state index is -0.280. The molecule has 0 aromatic rings. The van der Waals surface area contributed by atoms with Crippen LogP contribution < -0.4 is 0 Å². The molecule has 11 heavy (non-hydrogen) atoms. The van der Waals surface area contributed by atoms with Crippen LogP contribution in [0, 0.1) is 5.92 Å². The van der Waals surface area contributed by atoms with Gasteiger partial charge in [0.05, 0.1) is 6.42 Å². The summed E-state index contributed by atoms with van der Waals surface area (Å²) < 4.78 is 10.2. The lowest BCUT2D eigenvalue weighted by molar-refractivity contribution is -0.166.